The van der Waals surface area contributed by atoms with Crippen molar-refractivity contribution in [1.82, 2.24) is 20.2 Å². The zero-order chi connectivity index (χ0) is 40.0. The molecule has 3 amide bonds. The van der Waals surface area contributed by atoms with Crippen LogP contribution in [0.3, 0.4) is 0 Å². The van der Waals surface area contributed by atoms with Crippen molar-refractivity contribution in [3.05, 3.63) is 150 Å². The summed E-state index contributed by atoms with van der Waals surface area (Å²) in [6.45, 7) is 4.01. The van der Waals surface area contributed by atoms with Crippen LogP contribution in [0.5, 0.6) is 5.75 Å². The van der Waals surface area contributed by atoms with E-state index < -0.39 is 36.8 Å². The minimum absolute atomic E-state index is 0. The van der Waals surface area contributed by atoms with Gasteiger partial charge in [0.15, 0.2) is 0 Å². The molecule has 0 aliphatic carbocycles. The Labute approximate surface area is 344 Å². The molecule has 2 heterocycles. The third kappa shape index (κ3) is 8.61. The summed E-state index contributed by atoms with van der Waals surface area (Å²) in [7, 11) is -2.21. The van der Waals surface area contributed by atoms with E-state index in [1.807, 2.05) is 67.6 Å². The molecule has 5 aromatic carbocycles. The summed E-state index contributed by atoms with van der Waals surface area (Å²) < 4.78 is 11.3. The highest BCUT2D eigenvalue weighted by molar-refractivity contribution is 7.95. The van der Waals surface area contributed by atoms with Gasteiger partial charge in [0, 0.05) is 6.54 Å². The Hall–Kier alpha value is -6.03. The third-order valence-corrected chi connectivity index (χ3v) is 15.1. The second-order valence-electron chi connectivity index (χ2n) is 14.4. The minimum atomic E-state index is -2.21. The SMILES string of the molecule is C[C@H](NC(=O)CC[P+](c1ccccc1)(c1ccccc1)c1ccccc1)C(=O)Oc1ccc(COC(=O)N2CCCC2(C)c2nc3c(C(N)=O)cccc3[nH]2)cc1.[Cl-]. The van der Waals surface area contributed by atoms with Crippen molar-refractivity contribution < 1.29 is 41.1 Å². The van der Waals surface area contributed by atoms with Crippen LogP contribution in [0.25, 0.3) is 11.0 Å². The molecule has 0 saturated carbocycles. The molecule has 0 radical (unpaired) electrons. The van der Waals surface area contributed by atoms with E-state index in [4.69, 9.17) is 15.2 Å². The average molecular weight is 818 g/mol. The molecule has 1 fully saturated rings. The largest absolute Gasteiger partial charge is 1.00 e. The second kappa shape index (κ2) is 18.1. The van der Waals surface area contributed by atoms with Gasteiger partial charge in [0.05, 0.1) is 23.7 Å². The van der Waals surface area contributed by atoms with Gasteiger partial charge in [0.1, 0.15) is 58.5 Å². The number of carbonyl (C=O) groups is 4. The number of halogens is 1. The molecule has 1 saturated heterocycles. The predicted molar refractivity (Wildman–Crippen MR) is 222 cm³/mol. The van der Waals surface area contributed by atoms with Crippen LogP contribution >= 0.6 is 7.26 Å². The van der Waals surface area contributed by atoms with Gasteiger partial charge < -0.3 is 37.9 Å². The molecule has 6 aromatic rings. The van der Waals surface area contributed by atoms with Crippen LogP contribution in [0.1, 0.15) is 54.9 Å². The summed E-state index contributed by atoms with van der Waals surface area (Å²) in [6, 6.07) is 42.0. The number of hydrogen-bond donors (Lipinski definition) is 3. The summed E-state index contributed by atoms with van der Waals surface area (Å²) in [5, 5.41) is 6.39. The molecule has 0 bridgehead atoms. The van der Waals surface area contributed by atoms with E-state index in [-0.39, 0.29) is 31.3 Å². The van der Waals surface area contributed by atoms with E-state index in [2.05, 4.69) is 51.7 Å². The standard InChI is InChI=1S/C45H44N5O6P.ClH/c1-31(47-39(51)26-29-57(34-14-6-3-7-15-34,35-16-8-4-9-17-35)36-18-10-5-11-19-36)42(53)56-33-24-22-32(23-25-33)30-55-44(54)50-28-13-27-45(50,2)43-48-38-21-12-20-37(41(46)52)40(38)49-43;/h3-12,14-25,31H,13,26-30H2,1-2H3,(H3-,46,47,48,49,51,52);1H/t31-,45?;/m0./s1. The lowest BCUT2D eigenvalue weighted by Crippen LogP contribution is -3.00. The Bertz CT molecular complexity index is 2280. The van der Waals surface area contributed by atoms with Crippen molar-refractivity contribution >= 4 is 58.1 Å². The van der Waals surface area contributed by atoms with Crippen molar-refractivity contribution in [2.45, 2.75) is 51.3 Å². The maximum absolute atomic E-state index is 13.4. The Balaban J connectivity index is 0.00000567. The van der Waals surface area contributed by atoms with Gasteiger partial charge in [-0.1, -0.05) is 72.8 Å². The third-order valence-electron chi connectivity index (χ3n) is 10.7. The fourth-order valence-corrected chi connectivity index (χ4v) is 11.8. The second-order valence-corrected chi connectivity index (χ2v) is 18.0. The number of ether oxygens (including phenoxy) is 2. The highest BCUT2D eigenvalue weighted by atomic mass is 35.5. The van der Waals surface area contributed by atoms with Crippen molar-refractivity contribution in [3.63, 3.8) is 0 Å². The van der Waals surface area contributed by atoms with E-state index in [1.54, 1.807) is 48.2 Å². The summed E-state index contributed by atoms with van der Waals surface area (Å²) in [6.07, 6.45) is 1.70. The van der Waals surface area contributed by atoms with Gasteiger partial charge in [-0.05, 0) is 92.9 Å². The Morgan fingerprint density at radius 2 is 1.43 bits per heavy atom. The number of esters is 1. The van der Waals surface area contributed by atoms with Crippen molar-refractivity contribution in [2.75, 3.05) is 12.7 Å². The molecule has 0 spiro atoms. The van der Waals surface area contributed by atoms with Gasteiger partial charge in [0.2, 0.25) is 5.91 Å². The molecular formula is C45H45ClN5O6P. The maximum atomic E-state index is 13.4. The van der Waals surface area contributed by atoms with Gasteiger partial charge >= 0.3 is 12.1 Å². The first-order chi connectivity index (χ1) is 27.6. The van der Waals surface area contributed by atoms with E-state index in [0.29, 0.717) is 52.9 Å². The monoisotopic (exact) mass is 817 g/mol. The predicted octanol–water partition coefficient (Wildman–Crippen LogP) is 3.11. The van der Waals surface area contributed by atoms with Crippen LogP contribution in [0, 0.1) is 0 Å². The number of amides is 3. The normalized spacial score (nSPS) is 15.6. The smallest absolute Gasteiger partial charge is 0.410 e. The molecular weight excluding hydrogens is 773 g/mol. The number of hydrogen-bond acceptors (Lipinski definition) is 7. The van der Waals surface area contributed by atoms with Crippen molar-refractivity contribution in [3.8, 4) is 5.75 Å². The van der Waals surface area contributed by atoms with E-state index in [0.717, 1.165) is 6.42 Å². The number of primary amides is 1. The fraction of sp³-hybridized carbons (Fsp3) is 0.222. The van der Waals surface area contributed by atoms with Crippen LogP contribution in [0.2, 0.25) is 0 Å². The molecule has 2 atom stereocenters. The molecule has 298 valence electrons. The molecule has 58 heavy (non-hydrogen) atoms. The fourth-order valence-electron chi connectivity index (χ4n) is 7.59. The molecule has 13 heteroatoms. The van der Waals surface area contributed by atoms with Crippen molar-refractivity contribution in [1.29, 1.82) is 0 Å². The van der Waals surface area contributed by atoms with Gasteiger partial charge in [-0.3, -0.25) is 14.5 Å². The zero-order valence-corrected chi connectivity index (χ0v) is 33.9. The number of H-pyrrole nitrogens is 1. The van der Waals surface area contributed by atoms with Crippen LogP contribution in [0.4, 0.5) is 4.79 Å². The lowest BCUT2D eigenvalue weighted by atomic mass is 9.98. The average Bonchev–Trinajstić information content (AvgIpc) is 3.87. The number of benzene rings is 5. The summed E-state index contributed by atoms with van der Waals surface area (Å²) in [5.74, 6) is -0.563. The Morgan fingerprint density at radius 3 is 2.00 bits per heavy atom. The first-order valence-corrected chi connectivity index (χ1v) is 20.9. The maximum Gasteiger partial charge on any atom is 0.410 e. The van der Waals surface area contributed by atoms with Crippen LogP contribution in [-0.2, 0) is 26.5 Å². The van der Waals surface area contributed by atoms with E-state index >= 15 is 0 Å². The van der Waals surface area contributed by atoms with Gasteiger partial charge in [0.25, 0.3) is 5.91 Å². The lowest BCUT2D eigenvalue weighted by molar-refractivity contribution is -0.138. The number of aromatic nitrogens is 2. The number of nitrogens with one attached hydrogen (secondary N) is 2. The number of carbonyl (C=O) groups excluding carboxylic acids is 4. The molecule has 1 unspecified atom stereocenters. The topological polar surface area (TPSA) is 157 Å². The first kappa shape index (κ1) is 41.6. The Morgan fingerprint density at radius 1 is 0.845 bits per heavy atom. The van der Waals surface area contributed by atoms with E-state index in [9.17, 15) is 19.2 Å². The number of fused-ring (bicyclic) bond motifs is 1. The number of likely N-dealkylation sites (tertiary alicyclic amines) is 1. The highest BCUT2D eigenvalue weighted by Gasteiger charge is 2.46. The molecule has 1 aromatic heterocycles. The Kier molecular flexibility index (Phi) is 12.9. The zero-order valence-electron chi connectivity index (χ0n) is 32.3. The molecule has 11 nitrogen and oxygen atoms in total. The van der Waals surface area contributed by atoms with Gasteiger partial charge in [-0.2, -0.15) is 0 Å². The van der Waals surface area contributed by atoms with Crippen molar-refractivity contribution in [2.24, 2.45) is 5.73 Å². The van der Waals surface area contributed by atoms with Crippen LogP contribution in [-0.4, -0.2) is 57.5 Å². The summed E-state index contributed by atoms with van der Waals surface area (Å²) in [5.41, 5.74) is 6.92. The molecule has 7 rings (SSSR count). The van der Waals surface area contributed by atoms with Crippen LogP contribution < -0.4 is 44.1 Å². The first-order valence-electron chi connectivity index (χ1n) is 19.0. The molecule has 1 aliphatic heterocycles. The highest BCUT2D eigenvalue weighted by Crippen LogP contribution is 2.55. The number of aromatic amines is 1. The number of rotatable bonds is 13. The lowest BCUT2D eigenvalue weighted by Gasteiger charge is -2.32. The molecule has 1 aliphatic rings. The number of nitrogens with zero attached hydrogens (tertiary/aromatic N) is 2. The number of para-hydroxylation sites is 1. The number of nitrogens with two attached hydrogens (primary N) is 1. The molecule has 4 N–H and O–H groups in total. The van der Waals surface area contributed by atoms with E-state index in [1.165, 1.54) is 15.9 Å². The number of imidazole rings is 1. The van der Waals surface area contributed by atoms with Gasteiger partial charge in [-0.25, -0.2) is 14.6 Å². The minimum Gasteiger partial charge on any atom is -1.00 e. The van der Waals surface area contributed by atoms with Gasteiger partial charge in [-0.15, -0.1) is 0 Å². The van der Waals surface area contributed by atoms with Crippen LogP contribution in [0.15, 0.2) is 133 Å². The summed E-state index contributed by atoms with van der Waals surface area (Å²) >= 11 is 0. The summed E-state index contributed by atoms with van der Waals surface area (Å²) in [4.78, 5) is 61.5. The quantitative estimate of drug-likeness (QED) is 0.0920.